The summed E-state index contributed by atoms with van der Waals surface area (Å²) in [7, 11) is 1.68. The van der Waals surface area contributed by atoms with Gasteiger partial charge in [-0.15, -0.1) is 11.3 Å². The van der Waals surface area contributed by atoms with Gasteiger partial charge in [-0.2, -0.15) is 0 Å². The van der Waals surface area contributed by atoms with E-state index in [0.29, 0.717) is 13.0 Å². The first-order valence-electron chi connectivity index (χ1n) is 11.0. The lowest BCUT2D eigenvalue weighted by atomic mass is 9.94. The number of ether oxygens (including phenoxy) is 1. The van der Waals surface area contributed by atoms with Crippen LogP contribution in [-0.2, 0) is 15.3 Å². The van der Waals surface area contributed by atoms with Gasteiger partial charge in [-0.3, -0.25) is 9.59 Å². The van der Waals surface area contributed by atoms with Crippen LogP contribution < -0.4 is 10.1 Å². The van der Waals surface area contributed by atoms with E-state index in [-0.39, 0.29) is 11.8 Å². The van der Waals surface area contributed by atoms with Crippen LogP contribution in [0.25, 0.3) is 10.2 Å². The molecular formula is C25H29N3O3S2. The number of hydrogen-bond acceptors (Lipinski definition) is 6. The van der Waals surface area contributed by atoms with Gasteiger partial charge in [0.05, 0.1) is 17.3 Å². The Morgan fingerprint density at radius 2 is 2.03 bits per heavy atom. The molecule has 0 saturated carbocycles. The Kier molecular flexibility index (Phi) is 6.95. The number of benzene rings is 2. The first-order valence-corrected chi connectivity index (χ1v) is 12.8. The van der Waals surface area contributed by atoms with E-state index in [1.807, 2.05) is 57.2 Å². The number of carbonyl (C=O) groups excluding carboxylic acids is 2. The molecule has 174 valence electrons. The van der Waals surface area contributed by atoms with E-state index >= 15 is 0 Å². The zero-order valence-corrected chi connectivity index (χ0v) is 21.0. The van der Waals surface area contributed by atoms with Crippen molar-refractivity contribution < 1.29 is 14.3 Å². The highest BCUT2D eigenvalue weighted by molar-refractivity contribution is 8.00. The summed E-state index contributed by atoms with van der Waals surface area (Å²) in [5.41, 5.74) is 2.27. The van der Waals surface area contributed by atoms with Crippen molar-refractivity contribution in [1.82, 2.24) is 9.88 Å². The summed E-state index contributed by atoms with van der Waals surface area (Å²) >= 11 is 3.28. The molecule has 1 atom stereocenters. The molecule has 1 unspecified atom stereocenters. The normalized spacial score (nSPS) is 16.2. The van der Waals surface area contributed by atoms with Crippen molar-refractivity contribution in [2.75, 3.05) is 19.0 Å². The number of amides is 2. The second-order valence-electron chi connectivity index (χ2n) is 9.16. The van der Waals surface area contributed by atoms with Gasteiger partial charge in [-0.25, -0.2) is 4.98 Å². The smallest absolute Gasteiger partial charge is 0.247 e. The molecule has 1 aliphatic heterocycles. The standard InChI is InChI=1S/C25H29N3O3S2/c1-25(2,3)23(30)28-13-7-9-19(28)22(29)26-17-11-12-18-21(14-17)33-24(27-18)32-15-16-8-5-6-10-20(16)31-4/h5-6,8,10-12,14,19H,7,9,13,15H2,1-4H3,(H,26,29). The quantitative estimate of drug-likeness (QED) is 0.464. The predicted octanol–water partition coefficient (Wildman–Crippen LogP) is 5.57. The van der Waals surface area contributed by atoms with Crippen molar-refractivity contribution in [3.63, 3.8) is 0 Å². The fourth-order valence-corrected chi connectivity index (χ4v) is 6.04. The first kappa shape index (κ1) is 23.6. The van der Waals surface area contributed by atoms with Crippen LogP contribution in [0.3, 0.4) is 0 Å². The molecule has 1 aromatic heterocycles. The largest absolute Gasteiger partial charge is 0.496 e. The third-order valence-electron chi connectivity index (χ3n) is 5.64. The summed E-state index contributed by atoms with van der Waals surface area (Å²) in [6.45, 7) is 6.31. The number of nitrogens with one attached hydrogen (secondary N) is 1. The van der Waals surface area contributed by atoms with Crippen LogP contribution in [0, 0.1) is 5.41 Å². The third kappa shape index (κ3) is 5.33. The fourth-order valence-electron chi connectivity index (χ4n) is 3.94. The minimum absolute atomic E-state index is 0.0229. The second kappa shape index (κ2) is 9.73. The molecule has 2 aromatic carbocycles. The molecule has 3 aromatic rings. The van der Waals surface area contributed by atoms with E-state index in [1.165, 1.54) is 0 Å². The Morgan fingerprint density at radius 3 is 2.79 bits per heavy atom. The number of methoxy groups -OCH3 is 1. The summed E-state index contributed by atoms with van der Waals surface area (Å²) in [6.07, 6.45) is 1.54. The number of nitrogens with zero attached hydrogens (tertiary/aromatic N) is 2. The lowest BCUT2D eigenvalue weighted by Crippen LogP contribution is -2.47. The van der Waals surface area contributed by atoms with Crippen molar-refractivity contribution in [2.24, 2.45) is 5.41 Å². The van der Waals surface area contributed by atoms with Crippen molar-refractivity contribution >= 4 is 50.8 Å². The Morgan fingerprint density at radius 1 is 1.24 bits per heavy atom. The van der Waals surface area contributed by atoms with Gasteiger partial charge in [0, 0.05) is 29.0 Å². The monoisotopic (exact) mass is 483 g/mol. The van der Waals surface area contributed by atoms with Gasteiger partial charge in [0.15, 0.2) is 4.34 Å². The van der Waals surface area contributed by atoms with Crippen LogP contribution in [0.1, 0.15) is 39.2 Å². The Hall–Kier alpha value is -2.58. The van der Waals surface area contributed by atoms with E-state index in [2.05, 4.69) is 11.4 Å². The molecular weight excluding hydrogens is 454 g/mol. The molecule has 6 nitrogen and oxygen atoms in total. The van der Waals surface area contributed by atoms with Crippen molar-refractivity contribution in [1.29, 1.82) is 0 Å². The predicted molar refractivity (Wildman–Crippen MR) is 135 cm³/mol. The highest BCUT2D eigenvalue weighted by atomic mass is 32.2. The number of thiazole rings is 1. The fraction of sp³-hybridized carbons (Fsp3) is 0.400. The number of anilines is 1. The van der Waals surface area contributed by atoms with Crippen molar-refractivity contribution in [2.45, 2.75) is 49.7 Å². The second-order valence-corrected chi connectivity index (χ2v) is 11.4. The minimum Gasteiger partial charge on any atom is -0.496 e. The summed E-state index contributed by atoms with van der Waals surface area (Å²) in [6, 6.07) is 13.3. The molecule has 0 radical (unpaired) electrons. The van der Waals surface area contributed by atoms with Crippen molar-refractivity contribution in [3.8, 4) is 5.75 Å². The summed E-state index contributed by atoms with van der Waals surface area (Å²) < 4.78 is 7.42. The number of fused-ring (bicyclic) bond motifs is 1. The maximum atomic E-state index is 13.0. The van der Waals surface area contributed by atoms with Gasteiger partial charge in [0.25, 0.3) is 0 Å². The number of hydrogen-bond donors (Lipinski definition) is 1. The highest BCUT2D eigenvalue weighted by Crippen LogP contribution is 2.35. The Balaban J connectivity index is 1.44. The molecule has 1 fully saturated rings. The number of rotatable bonds is 6. The molecule has 8 heteroatoms. The number of likely N-dealkylation sites (tertiary alicyclic amines) is 1. The molecule has 1 aliphatic rings. The number of thioether (sulfide) groups is 1. The van der Waals surface area contributed by atoms with Crippen LogP contribution in [0.15, 0.2) is 46.8 Å². The van der Waals surface area contributed by atoms with Gasteiger partial charge >= 0.3 is 0 Å². The maximum absolute atomic E-state index is 13.0. The maximum Gasteiger partial charge on any atom is 0.247 e. The molecule has 2 heterocycles. The van der Waals surface area contributed by atoms with Crippen LogP contribution in [0.4, 0.5) is 5.69 Å². The minimum atomic E-state index is -0.498. The zero-order chi connectivity index (χ0) is 23.6. The molecule has 1 N–H and O–H groups in total. The molecule has 0 bridgehead atoms. The topological polar surface area (TPSA) is 71.5 Å². The van der Waals surface area contributed by atoms with Gasteiger partial charge in [0.2, 0.25) is 11.8 Å². The van der Waals surface area contributed by atoms with Crippen LogP contribution >= 0.6 is 23.1 Å². The molecule has 2 amide bonds. The molecule has 4 rings (SSSR count). The SMILES string of the molecule is COc1ccccc1CSc1nc2ccc(NC(=O)C3CCCN3C(=O)C(C)(C)C)cc2s1. The van der Waals surface area contributed by atoms with E-state index in [4.69, 9.17) is 9.72 Å². The third-order valence-corrected chi connectivity index (χ3v) is 7.85. The molecule has 1 saturated heterocycles. The van der Waals surface area contributed by atoms with E-state index in [1.54, 1.807) is 35.1 Å². The van der Waals surface area contributed by atoms with Gasteiger partial charge in [-0.1, -0.05) is 50.7 Å². The summed E-state index contributed by atoms with van der Waals surface area (Å²) in [5, 5.41) is 3.02. The average Bonchev–Trinajstić information content (AvgIpc) is 3.43. The lowest BCUT2D eigenvalue weighted by Gasteiger charge is -2.30. The number of para-hydroxylation sites is 1. The van der Waals surface area contributed by atoms with Crippen molar-refractivity contribution in [3.05, 3.63) is 48.0 Å². The van der Waals surface area contributed by atoms with Gasteiger partial charge in [-0.05, 0) is 37.1 Å². The lowest BCUT2D eigenvalue weighted by molar-refractivity contribution is -0.143. The molecule has 0 spiro atoms. The molecule has 0 aliphatic carbocycles. The van der Waals surface area contributed by atoms with E-state index in [9.17, 15) is 9.59 Å². The van der Waals surface area contributed by atoms with E-state index in [0.717, 1.165) is 43.7 Å². The molecule has 33 heavy (non-hydrogen) atoms. The first-order chi connectivity index (χ1) is 15.8. The Labute approximate surface area is 202 Å². The van der Waals surface area contributed by atoms with Crippen LogP contribution in [0.2, 0.25) is 0 Å². The van der Waals surface area contributed by atoms with Gasteiger partial charge < -0.3 is 15.0 Å². The van der Waals surface area contributed by atoms with Crippen LogP contribution in [-0.4, -0.2) is 41.4 Å². The number of aromatic nitrogens is 1. The Bertz CT molecular complexity index is 1170. The number of carbonyl (C=O) groups is 2. The average molecular weight is 484 g/mol. The van der Waals surface area contributed by atoms with E-state index < -0.39 is 11.5 Å². The summed E-state index contributed by atoms with van der Waals surface area (Å²) in [4.78, 5) is 32.2. The van der Waals surface area contributed by atoms with Gasteiger partial charge in [0.1, 0.15) is 11.8 Å². The highest BCUT2D eigenvalue weighted by Gasteiger charge is 2.38. The van der Waals surface area contributed by atoms with Crippen LogP contribution in [0.5, 0.6) is 5.75 Å². The summed E-state index contributed by atoms with van der Waals surface area (Å²) in [5.74, 6) is 1.55. The zero-order valence-electron chi connectivity index (χ0n) is 19.4.